The number of amides is 2. The van der Waals surface area contributed by atoms with E-state index >= 15 is 0 Å². The van der Waals surface area contributed by atoms with Crippen molar-refractivity contribution in [1.82, 2.24) is 19.6 Å². The van der Waals surface area contributed by atoms with E-state index in [1.165, 1.54) is 23.1 Å². The molecular formula is C26H28ClN5O7S2. The summed E-state index contributed by atoms with van der Waals surface area (Å²) in [7, 11) is -4.36. The fourth-order valence-electron chi connectivity index (χ4n) is 4.98. The number of sulfonamides is 1. The van der Waals surface area contributed by atoms with E-state index in [0.717, 1.165) is 11.3 Å². The minimum absolute atomic E-state index is 0.128. The predicted molar refractivity (Wildman–Crippen MR) is 150 cm³/mol. The SMILES string of the molecule is CCc1c(N2CC[C@H](O)C2=O)cccc1S(=O)(=O)N[C@@H](CNC(=O)c1ccc(Cl)s1)C(=O)OC1CCn2ccnc21. The minimum Gasteiger partial charge on any atom is -0.453 e. The standard InChI is InChI=1S/C26H28ClN5O7S2/c1-2-15-17(32-12-8-18(33)25(32)35)4-3-5-21(15)41(37,38)30-16(14-29-24(34)20-6-7-22(27)40-20)26(36)39-19-9-11-31-13-10-28-23(19)31/h3-7,10,13,16,18-19,30,33H,2,8-9,11-12,14H2,1H3,(H,29,34)/t16-,18-,19?/m0/s1. The van der Waals surface area contributed by atoms with Crippen molar-refractivity contribution in [2.45, 2.75) is 55.9 Å². The highest BCUT2D eigenvalue weighted by molar-refractivity contribution is 7.89. The van der Waals surface area contributed by atoms with Crippen molar-refractivity contribution >= 4 is 56.4 Å². The first kappa shape index (κ1) is 29.2. The molecule has 1 unspecified atom stereocenters. The van der Waals surface area contributed by atoms with Crippen molar-refractivity contribution in [3.8, 4) is 0 Å². The average molecular weight is 622 g/mol. The van der Waals surface area contributed by atoms with Crippen molar-refractivity contribution < 1.29 is 32.6 Å². The molecule has 3 N–H and O–H groups in total. The number of ether oxygens (including phenoxy) is 1. The molecule has 2 aliphatic rings. The van der Waals surface area contributed by atoms with E-state index in [2.05, 4.69) is 15.0 Å². The number of fused-ring (bicyclic) bond motifs is 1. The van der Waals surface area contributed by atoms with Gasteiger partial charge in [-0.3, -0.25) is 14.4 Å². The number of rotatable bonds is 10. The van der Waals surface area contributed by atoms with Crippen molar-refractivity contribution in [3.05, 3.63) is 63.3 Å². The van der Waals surface area contributed by atoms with Gasteiger partial charge in [-0.05, 0) is 36.2 Å². The lowest BCUT2D eigenvalue weighted by Gasteiger charge is -2.24. The number of benzene rings is 1. The van der Waals surface area contributed by atoms with Crippen LogP contribution in [0.2, 0.25) is 4.34 Å². The third-order valence-electron chi connectivity index (χ3n) is 6.99. The number of anilines is 1. The predicted octanol–water partition coefficient (Wildman–Crippen LogP) is 2.02. The van der Waals surface area contributed by atoms with Crippen molar-refractivity contribution in [2.75, 3.05) is 18.0 Å². The molecule has 0 saturated carbocycles. The molecular weight excluding hydrogens is 594 g/mol. The Balaban J connectivity index is 1.41. The maximum Gasteiger partial charge on any atom is 0.326 e. The molecule has 218 valence electrons. The quantitative estimate of drug-likeness (QED) is 0.290. The summed E-state index contributed by atoms with van der Waals surface area (Å²) in [5.41, 5.74) is 0.723. The van der Waals surface area contributed by atoms with Gasteiger partial charge in [-0.25, -0.2) is 13.4 Å². The number of aryl methyl sites for hydroxylation is 1. The molecule has 1 fully saturated rings. The Hall–Kier alpha value is -3.30. The second-order valence-corrected chi connectivity index (χ2v) is 13.0. The molecule has 0 radical (unpaired) electrons. The molecule has 2 amide bonds. The molecule has 2 aromatic heterocycles. The number of thiophene rings is 1. The maximum atomic E-state index is 13.7. The fourth-order valence-corrected chi connectivity index (χ4v) is 7.45. The van der Waals surface area contributed by atoms with Gasteiger partial charge >= 0.3 is 5.97 Å². The van der Waals surface area contributed by atoms with Gasteiger partial charge in [0.05, 0.1) is 14.1 Å². The monoisotopic (exact) mass is 621 g/mol. The van der Waals surface area contributed by atoms with Crippen LogP contribution in [-0.4, -0.2) is 66.1 Å². The van der Waals surface area contributed by atoms with E-state index < -0.39 is 52.6 Å². The van der Waals surface area contributed by atoms with Crippen molar-refractivity contribution in [1.29, 1.82) is 0 Å². The number of imidazole rings is 1. The first-order chi connectivity index (χ1) is 19.6. The maximum absolute atomic E-state index is 13.7. The summed E-state index contributed by atoms with van der Waals surface area (Å²) in [5, 5.41) is 12.5. The van der Waals surface area contributed by atoms with Gasteiger partial charge in [0.15, 0.2) is 6.10 Å². The highest BCUT2D eigenvalue weighted by atomic mass is 35.5. The number of aliphatic hydroxyl groups excluding tert-OH is 1. The van der Waals surface area contributed by atoms with E-state index in [0.29, 0.717) is 39.3 Å². The molecule has 4 heterocycles. The largest absolute Gasteiger partial charge is 0.453 e. The van der Waals surface area contributed by atoms with Crippen LogP contribution in [0.15, 0.2) is 47.6 Å². The molecule has 3 aromatic rings. The van der Waals surface area contributed by atoms with Crippen LogP contribution in [0, 0.1) is 0 Å². The Morgan fingerprint density at radius 2 is 2.05 bits per heavy atom. The van der Waals surface area contributed by atoms with E-state index in [-0.39, 0.29) is 24.3 Å². The number of hydrogen-bond donors (Lipinski definition) is 3. The summed E-state index contributed by atoms with van der Waals surface area (Å²) in [5.74, 6) is -1.37. The Bertz CT molecular complexity index is 1590. The van der Waals surface area contributed by atoms with Crippen LogP contribution in [0.4, 0.5) is 5.69 Å². The number of carbonyl (C=O) groups excluding carboxylic acids is 3. The molecule has 0 spiro atoms. The molecule has 1 saturated heterocycles. The number of esters is 1. The van der Waals surface area contributed by atoms with E-state index in [1.807, 2.05) is 4.57 Å². The molecule has 2 aliphatic heterocycles. The van der Waals surface area contributed by atoms with Gasteiger partial charge < -0.3 is 24.6 Å². The molecule has 5 rings (SSSR count). The number of nitrogens with one attached hydrogen (secondary N) is 2. The van der Waals surface area contributed by atoms with E-state index in [4.69, 9.17) is 16.3 Å². The van der Waals surface area contributed by atoms with Gasteiger partial charge in [-0.1, -0.05) is 24.6 Å². The van der Waals surface area contributed by atoms with Crippen LogP contribution in [0.1, 0.15) is 46.9 Å². The third kappa shape index (κ3) is 6.02. The summed E-state index contributed by atoms with van der Waals surface area (Å²) in [6.07, 6.45) is 2.50. The van der Waals surface area contributed by atoms with Crippen LogP contribution >= 0.6 is 22.9 Å². The Morgan fingerprint density at radius 1 is 1.24 bits per heavy atom. The Labute approximate surface area is 245 Å². The average Bonchev–Trinajstić information content (AvgIpc) is 3.74. The summed E-state index contributed by atoms with van der Waals surface area (Å²) < 4.78 is 37.8. The second-order valence-electron chi connectivity index (χ2n) is 9.58. The number of aliphatic hydroxyl groups is 1. The highest BCUT2D eigenvalue weighted by Crippen LogP contribution is 2.32. The number of carbonyl (C=O) groups is 3. The normalized spacial score (nSPS) is 19.3. The first-order valence-electron chi connectivity index (χ1n) is 13.0. The van der Waals surface area contributed by atoms with Crippen LogP contribution in [0.5, 0.6) is 0 Å². The lowest BCUT2D eigenvalue weighted by Crippen LogP contribution is -2.49. The lowest BCUT2D eigenvalue weighted by atomic mass is 10.1. The van der Waals surface area contributed by atoms with Crippen LogP contribution < -0.4 is 14.9 Å². The van der Waals surface area contributed by atoms with Gasteiger partial charge in [0.2, 0.25) is 10.0 Å². The molecule has 0 bridgehead atoms. The fraction of sp³-hybridized carbons (Fsp3) is 0.385. The zero-order valence-electron chi connectivity index (χ0n) is 21.9. The van der Waals surface area contributed by atoms with Gasteiger partial charge in [-0.2, -0.15) is 4.72 Å². The summed E-state index contributed by atoms with van der Waals surface area (Å²) >= 11 is 6.97. The Morgan fingerprint density at radius 3 is 2.73 bits per heavy atom. The van der Waals surface area contributed by atoms with Gasteiger partial charge in [0.1, 0.15) is 18.0 Å². The zero-order chi connectivity index (χ0) is 29.3. The topological polar surface area (TPSA) is 160 Å². The van der Waals surface area contributed by atoms with Gasteiger partial charge in [0, 0.05) is 50.6 Å². The van der Waals surface area contributed by atoms with Crippen molar-refractivity contribution in [3.63, 3.8) is 0 Å². The summed E-state index contributed by atoms with van der Waals surface area (Å²) in [6.45, 7) is 2.19. The minimum atomic E-state index is -4.36. The van der Waals surface area contributed by atoms with E-state index in [9.17, 15) is 27.9 Å². The van der Waals surface area contributed by atoms with Gasteiger partial charge in [-0.15, -0.1) is 11.3 Å². The number of halogens is 1. The number of aromatic nitrogens is 2. The number of hydrogen-bond acceptors (Lipinski definition) is 9. The van der Waals surface area contributed by atoms with Crippen LogP contribution in [-0.2, 0) is 37.3 Å². The van der Waals surface area contributed by atoms with E-state index in [1.54, 1.807) is 31.5 Å². The van der Waals surface area contributed by atoms with Crippen LogP contribution in [0.3, 0.4) is 0 Å². The summed E-state index contributed by atoms with van der Waals surface area (Å²) in [4.78, 5) is 44.3. The Kier molecular flexibility index (Phi) is 8.47. The molecule has 12 nitrogen and oxygen atoms in total. The van der Waals surface area contributed by atoms with Gasteiger partial charge in [0.25, 0.3) is 11.8 Å². The van der Waals surface area contributed by atoms with Crippen molar-refractivity contribution in [2.24, 2.45) is 0 Å². The third-order valence-corrected chi connectivity index (χ3v) is 9.78. The molecule has 1 aromatic carbocycles. The van der Waals surface area contributed by atoms with Crippen LogP contribution in [0.25, 0.3) is 0 Å². The zero-order valence-corrected chi connectivity index (χ0v) is 24.3. The molecule has 3 atom stereocenters. The second kappa shape index (κ2) is 11.9. The lowest BCUT2D eigenvalue weighted by molar-refractivity contribution is -0.151. The smallest absolute Gasteiger partial charge is 0.326 e. The summed E-state index contributed by atoms with van der Waals surface area (Å²) in [6, 6.07) is 6.09. The number of nitrogens with zero attached hydrogens (tertiary/aromatic N) is 3. The first-order valence-corrected chi connectivity index (χ1v) is 15.7. The highest BCUT2D eigenvalue weighted by Gasteiger charge is 2.36. The molecule has 41 heavy (non-hydrogen) atoms. The molecule has 15 heteroatoms. The molecule has 0 aliphatic carbocycles.